The van der Waals surface area contributed by atoms with Gasteiger partial charge >= 0.3 is 0 Å². The van der Waals surface area contributed by atoms with E-state index in [-0.39, 0.29) is 0 Å². The van der Waals surface area contributed by atoms with Crippen molar-refractivity contribution < 1.29 is 0 Å². The molecule has 0 saturated carbocycles. The minimum Gasteiger partial charge on any atom is -0.0622 e. The van der Waals surface area contributed by atoms with Crippen LogP contribution in [0.5, 0.6) is 0 Å². The van der Waals surface area contributed by atoms with E-state index in [2.05, 4.69) is 146 Å². The Morgan fingerprint density at radius 3 is 1.37 bits per heavy atom. The van der Waals surface area contributed by atoms with Crippen LogP contribution in [0.4, 0.5) is 0 Å². The molecule has 6 aromatic rings. The molecule has 0 N–H and O–H groups in total. The number of hydrogen-bond acceptors (Lipinski definition) is 0. The summed E-state index contributed by atoms with van der Waals surface area (Å²) in [4.78, 5) is 0. The molecule has 0 aromatic heterocycles. The molecule has 214 valence electrons. The average Bonchev–Trinajstić information content (AvgIpc) is 3.34. The quantitative estimate of drug-likeness (QED) is 0.190. The molecule has 0 spiro atoms. The van der Waals surface area contributed by atoms with Crippen LogP contribution < -0.4 is 0 Å². The molecule has 0 heterocycles. The Hall–Kier alpha value is -4.16. The summed E-state index contributed by atoms with van der Waals surface area (Å²) in [7, 11) is 0. The van der Waals surface area contributed by atoms with Gasteiger partial charge < -0.3 is 0 Å². The zero-order valence-corrected chi connectivity index (χ0v) is 26.7. The minimum atomic E-state index is 0.402. The van der Waals surface area contributed by atoms with Crippen molar-refractivity contribution in [1.29, 1.82) is 0 Å². The van der Waals surface area contributed by atoms with E-state index in [0.717, 1.165) is 6.42 Å². The van der Waals surface area contributed by atoms with Crippen LogP contribution >= 0.6 is 0 Å². The Morgan fingerprint density at radius 1 is 0.465 bits per heavy atom. The van der Waals surface area contributed by atoms with Crippen molar-refractivity contribution in [2.75, 3.05) is 0 Å². The van der Waals surface area contributed by atoms with Gasteiger partial charge in [0.25, 0.3) is 0 Å². The normalized spacial score (nSPS) is 12.3. The average molecular weight is 559 g/mol. The predicted molar refractivity (Wildman–Crippen MR) is 188 cm³/mol. The molecule has 6 aromatic carbocycles. The first kappa shape index (κ1) is 27.7. The Kier molecular flexibility index (Phi) is 6.77. The van der Waals surface area contributed by atoms with E-state index in [0.29, 0.717) is 17.8 Å². The van der Waals surface area contributed by atoms with E-state index in [9.17, 15) is 0 Å². The van der Waals surface area contributed by atoms with Gasteiger partial charge in [0.2, 0.25) is 0 Å². The molecule has 0 aliphatic heterocycles. The summed E-state index contributed by atoms with van der Waals surface area (Å²) in [5.41, 5.74) is 16.9. The van der Waals surface area contributed by atoms with Gasteiger partial charge in [0.15, 0.2) is 0 Å². The van der Waals surface area contributed by atoms with Crippen LogP contribution in [0.2, 0.25) is 0 Å². The maximum atomic E-state index is 2.57. The number of fused-ring (bicyclic) bond motifs is 4. The highest BCUT2D eigenvalue weighted by Crippen LogP contribution is 2.57. The lowest BCUT2D eigenvalue weighted by atomic mass is 9.79. The lowest BCUT2D eigenvalue weighted by molar-refractivity contribution is 0.792. The largest absolute Gasteiger partial charge is 0.0622 e. The highest BCUT2D eigenvalue weighted by atomic mass is 14.3. The van der Waals surface area contributed by atoms with E-state index < -0.39 is 0 Å². The van der Waals surface area contributed by atoms with Gasteiger partial charge in [-0.05, 0) is 112 Å². The third-order valence-electron chi connectivity index (χ3n) is 9.70. The fourth-order valence-corrected chi connectivity index (χ4v) is 7.83. The van der Waals surface area contributed by atoms with Gasteiger partial charge in [0, 0.05) is 0 Å². The van der Waals surface area contributed by atoms with E-state index in [1.54, 1.807) is 0 Å². The molecule has 0 saturated heterocycles. The molecule has 0 unspecified atom stereocenters. The van der Waals surface area contributed by atoms with Crippen molar-refractivity contribution in [2.45, 2.75) is 72.6 Å². The van der Waals surface area contributed by atoms with Crippen LogP contribution in [0.3, 0.4) is 0 Å². The second kappa shape index (κ2) is 10.5. The highest BCUT2D eigenvalue weighted by Gasteiger charge is 2.32. The maximum Gasteiger partial charge on any atom is -0.00137 e. The van der Waals surface area contributed by atoms with Gasteiger partial charge in [-0.15, -0.1) is 0 Å². The Balaban J connectivity index is 1.68. The lowest BCUT2D eigenvalue weighted by Gasteiger charge is -2.25. The summed E-state index contributed by atoms with van der Waals surface area (Å²) in [6, 6.07) is 36.7. The van der Waals surface area contributed by atoms with Gasteiger partial charge in [-0.1, -0.05) is 146 Å². The number of aryl methyl sites for hydroxylation is 1. The third kappa shape index (κ3) is 4.18. The summed E-state index contributed by atoms with van der Waals surface area (Å²) < 4.78 is 0. The fraction of sp³-hybridized carbons (Fsp3) is 0.256. The van der Waals surface area contributed by atoms with Crippen LogP contribution in [0.1, 0.15) is 88.5 Å². The zero-order chi connectivity index (χ0) is 30.0. The molecule has 0 heteroatoms. The van der Waals surface area contributed by atoms with Crippen LogP contribution in [-0.4, -0.2) is 0 Å². The second-order valence-corrected chi connectivity index (χ2v) is 13.3. The van der Waals surface area contributed by atoms with Crippen molar-refractivity contribution in [3.8, 4) is 44.5 Å². The molecule has 7 rings (SSSR count). The van der Waals surface area contributed by atoms with Gasteiger partial charge in [0.05, 0.1) is 0 Å². The maximum absolute atomic E-state index is 2.57. The fourth-order valence-electron chi connectivity index (χ4n) is 7.83. The van der Waals surface area contributed by atoms with E-state index in [4.69, 9.17) is 0 Å². The van der Waals surface area contributed by atoms with Gasteiger partial charge in [-0.25, -0.2) is 0 Å². The standard InChI is InChI=1S/C43H42/c1-8-30-37-23-35(25(2)3)36(26(4)5)24-38(37)39(27(6)7)43-34-22-20-32(29-17-13-10-14-18-29)41-31(28-15-11-9-12-16-28)19-21-33(40(30)43)42(34)41/h9-27H,8H2,1-7H3. The van der Waals surface area contributed by atoms with Crippen molar-refractivity contribution >= 4 is 21.5 Å². The second-order valence-electron chi connectivity index (χ2n) is 13.3. The summed E-state index contributed by atoms with van der Waals surface area (Å²) in [5, 5.41) is 5.69. The lowest BCUT2D eigenvalue weighted by Crippen LogP contribution is -2.04. The first-order valence-electron chi connectivity index (χ1n) is 16.2. The van der Waals surface area contributed by atoms with Crippen molar-refractivity contribution in [1.82, 2.24) is 0 Å². The number of rotatable bonds is 6. The molecule has 0 radical (unpaired) electrons. The molecular formula is C43H42. The van der Waals surface area contributed by atoms with E-state index >= 15 is 0 Å². The Labute approximate surface area is 257 Å². The number of hydrogen-bond donors (Lipinski definition) is 0. The third-order valence-corrected chi connectivity index (χ3v) is 9.70. The summed E-state index contributed by atoms with van der Waals surface area (Å²) >= 11 is 0. The Bertz CT molecular complexity index is 1960. The highest BCUT2D eigenvalue weighted by molar-refractivity contribution is 6.25. The summed E-state index contributed by atoms with van der Waals surface area (Å²) in [5.74, 6) is 1.38. The van der Waals surface area contributed by atoms with Crippen LogP contribution in [0.15, 0.2) is 97.1 Å². The molecule has 1 aliphatic rings. The first-order valence-corrected chi connectivity index (χ1v) is 16.2. The molecule has 43 heavy (non-hydrogen) atoms. The smallest absolute Gasteiger partial charge is 0.00137 e. The van der Waals surface area contributed by atoms with Crippen LogP contribution in [0.25, 0.3) is 66.1 Å². The van der Waals surface area contributed by atoms with Crippen LogP contribution in [-0.2, 0) is 6.42 Å². The van der Waals surface area contributed by atoms with Crippen molar-refractivity contribution in [2.24, 2.45) is 0 Å². The van der Waals surface area contributed by atoms with Crippen molar-refractivity contribution in [3.63, 3.8) is 0 Å². The summed E-state index contributed by atoms with van der Waals surface area (Å²) in [6.45, 7) is 16.5. The molecule has 0 amide bonds. The summed E-state index contributed by atoms with van der Waals surface area (Å²) in [6.07, 6.45) is 1.01. The van der Waals surface area contributed by atoms with Gasteiger partial charge in [-0.2, -0.15) is 0 Å². The monoisotopic (exact) mass is 558 g/mol. The molecule has 0 nitrogen and oxygen atoms in total. The SMILES string of the molecule is CCc1c2c(c(C(C)C)c3cc(C(C)C)c(C(C)C)cc13)-c1ccc(-c3ccccc3)c3c(-c4ccccc4)ccc-2c13. The molecule has 0 atom stereocenters. The van der Waals surface area contributed by atoms with E-state index in [1.165, 1.54) is 88.3 Å². The topological polar surface area (TPSA) is 0 Å². The Morgan fingerprint density at radius 2 is 0.907 bits per heavy atom. The van der Waals surface area contributed by atoms with Gasteiger partial charge in [0.1, 0.15) is 0 Å². The zero-order valence-electron chi connectivity index (χ0n) is 26.7. The predicted octanol–water partition coefficient (Wildman–Crippen LogP) is 12.9. The number of benzene rings is 6. The molecule has 0 bridgehead atoms. The molecule has 0 fully saturated rings. The molecule has 1 aliphatic carbocycles. The van der Waals surface area contributed by atoms with Crippen LogP contribution in [0, 0.1) is 0 Å². The minimum absolute atomic E-state index is 0.402. The molecular weight excluding hydrogens is 516 g/mol. The van der Waals surface area contributed by atoms with Crippen molar-refractivity contribution in [3.05, 3.63) is 119 Å². The van der Waals surface area contributed by atoms with E-state index in [1.807, 2.05) is 0 Å². The van der Waals surface area contributed by atoms with Gasteiger partial charge in [-0.3, -0.25) is 0 Å². The first-order chi connectivity index (χ1) is 20.8.